The molecular weight excluding hydrogens is 374 g/mol. The first-order valence-electron chi connectivity index (χ1n) is 10.3. The number of amides is 1. The molecule has 4 heterocycles. The average molecular weight is 404 g/mol. The third kappa shape index (κ3) is 4.45. The highest BCUT2D eigenvalue weighted by molar-refractivity contribution is 7.18. The van der Waals surface area contributed by atoms with Gasteiger partial charge in [-0.15, -0.1) is 11.3 Å². The third-order valence-corrected chi connectivity index (χ3v) is 6.82. The van der Waals surface area contributed by atoms with Crippen LogP contribution in [0.5, 0.6) is 0 Å². The van der Waals surface area contributed by atoms with Gasteiger partial charge < -0.3 is 15.0 Å². The molecule has 4 rings (SSSR count). The van der Waals surface area contributed by atoms with Crippen LogP contribution in [0.3, 0.4) is 0 Å². The van der Waals surface area contributed by atoms with Gasteiger partial charge in [-0.05, 0) is 25.3 Å². The maximum Gasteiger partial charge on any atom is 0.224 e. The SMILES string of the molecule is CCc1cc2c(N3CCCC(C(=O)NCCN4CCOCC4)C3)ncnc2s1. The number of nitrogens with one attached hydrogen (secondary N) is 1. The van der Waals surface area contributed by atoms with Crippen LogP contribution in [-0.4, -0.2) is 73.3 Å². The Morgan fingerprint density at radius 3 is 3.00 bits per heavy atom. The van der Waals surface area contributed by atoms with E-state index in [2.05, 4.69) is 38.1 Å². The second-order valence-corrected chi connectivity index (χ2v) is 8.63. The topological polar surface area (TPSA) is 70.6 Å². The van der Waals surface area contributed by atoms with Crippen molar-refractivity contribution in [3.63, 3.8) is 0 Å². The van der Waals surface area contributed by atoms with Crippen molar-refractivity contribution in [2.45, 2.75) is 26.2 Å². The minimum atomic E-state index is 0.0211. The van der Waals surface area contributed by atoms with Crippen molar-refractivity contribution >= 4 is 33.3 Å². The van der Waals surface area contributed by atoms with Gasteiger partial charge >= 0.3 is 0 Å². The van der Waals surface area contributed by atoms with Crippen LogP contribution in [-0.2, 0) is 16.0 Å². The van der Waals surface area contributed by atoms with Crippen molar-refractivity contribution in [2.24, 2.45) is 5.92 Å². The van der Waals surface area contributed by atoms with Crippen LogP contribution >= 0.6 is 11.3 Å². The van der Waals surface area contributed by atoms with E-state index in [-0.39, 0.29) is 11.8 Å². The lowest BCUT2D eigenvalue weighted by molar-refractivity contribution is -0.125. The predicted octanol–water partition coefficient (Wildman–Crippen LogP) is 1.92. The van der Waals surface area contributed by atoms with Crippen molar-refractivity contribution < 1.29 is 9.53 Å². The van der Waals surface area contributed by atoms with Gasteiger partial charge in [-0.25, -0.2) is 9.97 Å². The van der Waals surface area contributed by atoms with Crippen LogP contribution in [0.2, 0.25) is 0 Å². The van der Waals surface area contributed by atoms with Gasteiger partial charge in [0.2, 0.25) is 5.91 Å². The second-order valence-electron chi connectivity index (χ2n) is 7.51. The molecule has 7 nitrogen and oxygen atoms in total. The van der Waals surface area contributed by atoms with Gasteiger partial charge in [0, 0.05) is 44.1 Å². The number of thiophene rings is 1. The maximum atomic E-state index is 12.7. The third-order valence-electron chi connectivity index (χ3n) is 5.63. The van der Waals surface area contributed by atoms with Crippen LogP contribution in [0.1, 0.15) is 24.6 Å². The summed E-state index contributed by atoms with van der Waals surface area (Å²) in [6, 6.07) is 2.21. The highest BCUT2D eigenvalue weighted by Gasteiger charge is 2.27. The minimum Gasteiger partial charge on any atom is -0.379 e. The number of rotatable bonds is 6. The molecule has 1 amide bonds. The first-order chi connectivity index (χ1) is 13.7. The molecule has 152 valence electrons. The Balaban J connectivity index is 1.36. The van der Waals surface area contributed by atoms with Gasteiger partial charge in [0.05, 0.1) is 24.5 Å². The molecule has 0 bridgehead atoms. The van der Waals surface area contributed by atoms with Crippen molar-refractivity contribution in [3.8, 4) is 0 Å². The standard InChI is InChI=1S/C20H29N5O2S/c1-2-16-12-17-18(22-14-23-20(17)28-16)25-6-3-4-15(13-25)19(26)21-5-7-24-8-10-27-11-9-24/h12,14-15H,2-11,13H2,1H3,(H,21,26). The molecule has 1 unspecified atom stereocenters. The van der Waals surface area contributed by atoms with E-state index >= 15 is 0 Å². The Morgan fingerprint density at radius 2 is 2.18 bits per heavy atom. The molecule has 2 aromatic rings. The zero-order valence-electron chi connectivity index (χ0n) is 16.5. The summed E-state index contributed by atoms with van der Waals surface area (Å²) < 4.78 is 5.37. The summed E-state index contributed by atoms with van der Waals surface area (Å²) in [7, 11) is 0. The van der Waals surface area contributed by atoms with Gasteiger partial charge in [0.1, 0.15) is 17.0 Å². The maximum absolute atomic E-state index is 12.7. The summed E-state index contributed by atoms with van der Waals surface area (Å²) in [5, 5.41) is 4.27. The number of aryl methyl sites for hydroxylation is 1. The Labute approximate surface area is 170 Å². The highest BCUT2D eigenvalue weighted by Crippen LogP contribution is 2.32. The van der Waals surface area contributed by atoms with E-state index in [1.54, 1.807) is 17.7 Å². The number of aromatic nitrogens is 2. The Morgan fingerprint density at radius 1 is 1.32 bits per heavy atom. The fourth-order valence-corrected chi connectivity index (χ4v) is 4.94. The molecule has 2 aromatic heterocycles. The smallest absolute Gasteiger partial charge is 0.224 e. The first-order valence-corrected chi connectivity index (χ1v) is 11.1. The van der Waals surface area contributed by atoms with Crippen molar-refractivity contribution in [1.82, 2.24) is 20.2 Å². The summed E-state index contributed by atoms with van der Waals surface area (Å²) in [5.74, 6) is 1.17. The van der Waals surface area contributed by atoms with Gasteiger partial charge in [0.25, 0.3) is 0 Å². The molecule has 2 aliphatic heterocycles. The molecule has 2 saturated heterocycles. The number of hydrogen-bond donors (Lipinski definition) is 1. The van der Waals surface area contributed by atoms with Crippen LogP contribution in [0.15, 0.2) is 12.4 Å². The number of piperidine rings is 1. The first kappa shape index (κ1) is 19.5. The molecule has 0 radical (unpaired) electrons. The minimum absolute atomic E-state index is 0.0211. The zero-order chi connectivity index (χ0) is 19.3. The second kappa shape index (κ2) is 9.15. The predicted molar refractivity (Wildman–Crippen MR) is 112 cm³/mol. The number of ether oxygens (including phenoxy) is 1. The van der Waals surface area contributed by atoms with Crippen molar-refractivity contribution in [3.05, 3.63) is 17.3 Å². The summed E-state index contributed by atoms with van der Waals surface area (Å²) >= 11 is 1.74. The van der Waals surface area contributed by atoms with Crippen LogP contribution in [0.4, 0.5) is 5.82 Å². The van der Waals surface area contributed by atoms with E-state index in [4.69, 9.17) is 4.74 Å². The number of carbonyl (C=O) groups excluding carboxylic acids is 1. The Hall–Kier alpha value is -1.77. The molecule has 8 heteroatoms. The van der Waals surface area contributed by atoms with Gasteiger partial charge in [-0.2, -0.15) is 0 Å². The highest BCUT2D eigenvalue weighted by atomic mass is 32.1. The lowest BCUT2D eigenvalue weighted by Gasteiger charge is -2.33. The molecule has 0 aliphatic carbocycles. The van der Waals surface area contributed by atoms with Crippen LogP contribution < -0.4 is 10.2 Å². The lowest BCUT2D eigenvalue weighted by Crippen LogP contribution is -2.46. The van der Waals surface area contributed by atoms with Gasteiger partial charge in [-0.1, -0.05) is 6.92 Å². The van der Waals surface area contributed by atoms with E-state index in [1.165, 1.54) is 4.88 Å². The number of fused-ring (bicyclic) bond motifs is 1. The van der Waals surface area contributed by atoms with E-state index in [0.29, 0.717) is 6.54 Å². The molecular formula is C20H29N5O2S. The number of nitrogens with zero attached hydrogens (tertiary/aromatic N) is 4. The average Bonchev–Trinajstić information content (AvgIpc) is 3.18. The quantitative estimate of drug-likeness (QED) is 0.795. The lowest BCUT2D eigenvalue weighted by atomic mass is 9.97. The zero-order valence-corrected chi connectivity index (χ0v) is 17.3. The molecule has 2 fully saturated rings. The number of hydrogen-bond acceptors (Lipinski definition) is 7. The molecule has 1 N–H and O–H groups in total. The fraction of sp³-hybridized carbons (Fsp3) is 0.650. The Kier molecular flexibility index (Phi) is 6.39. The van der Waals surface area contributed by atoms with Crippen LogP contribution in [0.25, 0.3) is 10.2 Å². The largest absolute Gasteiger partial charge is 0.379 e. The van der Waals surface area contributed by atoms with Crippen molar-refractivity contribution in [2.75, 3.05) is 57.4 Å². The monoisotopic (exact) mass is 403 g/mol. The molecule has 0 aromatic carbocycles. The summed E-state index contributed by atoms with van der Waals surface area (Å²) in [6.07, 6.45) is 4.62. The van der Waals surface area contributed by atoms with Crippen molar-refractivity contribution in [1.29, 1.82) is 0 Å². The normalized spacial score (nSPS) is 21.2. The van der Waals surface area contributed by atoms with E-state index in [9.17, 15) is 4.79 Å². The summed E-state index contributed by atoms with van der Waals surface area (Å²) in [4.78, 5) is 28.7. The molecule has 0 spiro atoms. The number of anilines is 1. The van der Waals surface area contributed by atoms with Crippen LogP contribution in [0, 0.1) is 5.92 Å². The summed E-state index contributed by atoms with van der Waals surface area (Å²) in [6.45, 7) is 8.94. The molecule has 0 saturated carbocycles. The summed E-state index contributed by atoms with van der Waals surface area (Å²) in [5.41, 5.74) is 0. The molecule has 28 heavy (non-hydrogen) atoms. The molecule has 1 atom stereocenters. The van der Waals surface area contributed by atoms with Gasteiger partial charge in [-0.3, -0.25) is 9.69 Å². The number of morpholine rings is 1. The molecule has 2 aliphatic rings. The van der Waals surface area contributed by atoms with E-state index < -0.39 is 0 Å². The fourth-order valence-electron chi connectivity index (χ4n) is 4.01. The van der Waals surface area contributed by atoms with E-state index in [0.717, 1.165) is 81.2 Å². The Bertz CT molecular complexity index is 805. The number of carbonyl (C=O) groups is 1. The van der Waals surface area contributed by atoms with E-state index in [1.807, 2.05) is 0 Å². The van der Waals surface area contributed by atoms with Gasteiger partial charge in [0.15, 0.2) is 0 Å².